The summed E-state index contributed by atoms with van der Waals surface area (Å²) in [5.41, 5.74) is 1.78. The number of fused-ring (bicyclic) bond motifs is 1. The Balaban J connectivity index is 1.38. The predicted octanol–water partition coefficient (Wildman–Crippen LogP) is 7.55. The highest BCUT2D eigenvalue weighted by Gasteiger charge is 2.56. The number of phenolic OH excluding ortho intramolecular Hbond substituents is 2. The molecule has 0 unspecified atom stereocenters. The van der Waals surface area contributed by atoms with Crippen LogP contribution < -0.4 is 9.46 Å². The lowest BCUT2D eigenvalue weighted by Crippen LogP contribution is -2.40. The van der Waals surface area contributed by atoms with Crippen LogP contribution in [-0.2, 0) is 15.4 Å². The van der Waals surface area contributed by atoms with E-state index in [0.717, 1.165) is 49.7 Å². The van der Waals surface area contributed by atoms with Crippen LogP contribution in [0.2, 0.25) is 0 Å². The Morgan fingerprint density at radius 2 is 1.48 bits per heavy atom. The van der Waals surface area contributed by atoms with Crippen molar-refractivity contribution < 1.29 is 45.3 Å². The number of hydrogen-bond acceptors (Lipinski definition) is 5. The monoisotopic (exact) mass is 621 g/mol. The van der Waals surface area contributed by atoms with Crippen LogP contribution >= 0.6 is 0 Å². The average Bonchev–Trinajstić information content (AvgIpc) is 2.91. The summed E-state index contributed by atoms with van der Waals surface area (Å²) in [6.07, 6.45) is -1.08. The molecule has 0 saturated heterocycles. The van der Waals surface area contributed by atoms with E-state index in [1.807, 2.05) is 18.2 Å². The molecule has 3 N–H and O–H groups in total. The van der Waals surface area contributed by atoms with Gasteiger partial charge in [0, 0.05) is 30.4 Å². The third-order valence-corrected chi connectivity index (χ3v) is 9.48. The maximum Gasteiger partial charge on any atom is 0.453 e. The molecular weight excluding hydrogens is 581 g/mol. The normalized spacial score (nSPS) is 19.3. The van der Waals surface area contributed by atoms with Crippen LogP contribution in [-0.4, -0.2) is 49.6 Å². The van der Waals surface area contributed by atoms with Gasteiger partial charge in [0.2, 0.25) is 10.0 Å². The fourth-order valence-electron chi connectivity index (χ4n) is 5.48. The Morgan fingerprint density at radius 3 is 2.12 bits per heavy atom. The summed E-state index contributed by atoms with van der Waals surface area (Å²) in [5.74, 6) is -3.86. The summed E-state index contributed by atoms with van der Waals surface area (Å²) in [5, 5.41) is 19.7. The highest BCUT2D eigenvalue weighted by molar-refractivity contribution is 7.89. The van der Waals surface area contributed by atoms with Crippen molar-refractivity contribution >= 4 is 10.0 Å². The van der Waals surface area contributed by atoms with Gasteiger partial charge in [0.15, 0.2) is 0 Å². The first-order valence-corrected chi connectivity index (χ1v) is 16.0. The summed E-state index contributed by atoms with van der Waals surface area (Å²) in [7, 11) is -3.73. The smallest absolute Gasteiger partial charge is 0.453 e. The van der Waals surface area contributed by atoms with Gasteiger partial charge in [0.1, 0.15) is 17.2 Å². The Morgan fingerprint density at radius 1 is 0.881 bits per heavy atom. The van der Waals surface area contributed by atoms with Crippen LogP contribution in [0.1, 0.15) is 88.2 Å². The van der Waals surface area contributed by atoms with Gasteiger partial charge in [0.05, 0.1) is 12.4 Å². The van der Waals surface area contributed by atoms with Gasteiger partial charge in [-0.3, -0.25) is 0 Å². The van der Waals surface area contributed by atoms with Gasteiger partial charge in [0.25, 0.3) is 0 Å². The molecule has 2 atom stereocenters. The molecule has 0 saturated carbocycles. The maximum atomic E-state index is 12.9. The second-order valence-electron chi connectivity index (χ2n) is 11.3. The first kappa shape index (κ1) is 33.9. The number of sulfonamides is 1. The number of halogens is 5. The van der Waals surface area contributed by atoms with E-state index >= 15 is 0 Å². The molecule has 236 valence electrons. The van der Waals surface area contributed by atoms with Crippen LogP contribution in [0.3, 0.4) is 0 Å². The number of aromatic hydroxyl groups is 2. The molecule has 0 spiro atoms. The molecule has 2 aromatic rings. The summed E-state index contributed by atoms with van der Waals surface area (Å²) >= 11 is 0. The summed E-state index contributed by atoms with van der Waals surface area (Å²) in [6.45, 7) is 2.13. The zero-order chi connectivity index (χ0) is 31.0. The maximum absolute atomic E-state index is 12.9. The minimum absolute atomic E-state index is 0.142. The largest absolute Gasteiger partial charge is 0.508 e. The second kappa shape index (κ2) is 14.2. The zero-order valence-corrected chi connectivity index (χ0v) is 24.5. The third-order valence-electron chi connectivity index (χ3n) is 8.01. The van der Waals surface area contributed by atoms with E-state index in [-0.39, 0.29) is 28.6 Å². The van der Waals surface area contributed by atoms with Crippen molar-refractivity contribution in [3.8, 4) is 17.2 Å². The molecule has 1 heterocycles. The van der Waals surface area contributed by atoms with Gasteiger partial charge in [-0.15, -0.1) is 0 Å². The number of benzene rings is 2. The summed E-state index contributed by atoms with van der Waals surface area (Å²) in [6, 6.07) is 12.4. The van der Waals surface area contributed by atoms with Crippen LogP contribution in [0.5, 0.6) is 17.2 Å². The Kier molecular flexibility index (Phi) is 11.5. The lowest BCUT2D eigenvalue weighted by molar-refractivity contribution is -0.284. The number of unbranched alkanes of at least 4 members (excludes halogenated alkanes) is 6. The van der Waals surface area contributed by atoms with Gasteiger partial charge in [-0.05, 0) is 48.6 Å². The lowest BCUT2D eigenvalue weighted by atomic mass is 9.66. The predicted molar refractivity (Wildman–Crippen MR) is 151 cm³/mol. The van der Waals surface area contributed by atoms with Gasteiger partial charge in [-0.1, -0.05) is 63.6 Å². The molecule has 12 heteroatoms. The van der Waals surface area contributed by atoms with Crippen LogP contribution in [0.15, 0.2) is 42.5 Å². The highest BCUT2D eigenvalue weighted by Crippen LogP contribution is 2.49. The van der Waals surface area contributed by atoms with E-state index in [9.17, 15) is 40.6 Å². The molecule has 1 aliphatic heterocycles. The molecule has 42 heavy (non-hydrogen) atoms. The van der Waals surface area contributed by atoms with Crippen LogP contribution in [0, 0.1) is 0 Å². The van der Waals surface area contributed by atoms with Crippen molar-refractivity contribution in [2.75, 3.05) is 18.9 Å². The molecule has 0 radical (unpaired) electrons. The molecule has 0 aromatic heterocycles. The van der Waals surface area contributed by atoms with Gasteiger partial charge in [-0.25, -0.2) is 13.1 Å². The highest BCUT2D eigenvalue weighted by atomic mass is 32.2. The van der Waals surface area contributed by atoms with Gasteiger partial charge >= 0.3 is 12.1 Å². The molecular formula is C30H40F5NO5S. The number of nitrogens with one attached hydrogen (secondary N) is 1. The van der Waals surface area contributed by atoms with Gasteiger partial charge in [-0.2, -0.15) is 22.0 Å². The van der Waals surface area contributed by atoms with Crippen molar-refractivity contribution in [1.29, 1.82) is 0 Å². The minimum Gasteiger partial charge on any atom is -0.508 e. The first-order chi connectivity index (χ1) is 19.6. The molecule has 0 aliphatic carbocycles. The third kappa shape index (κ3) is 9.20. The minimum atomic E-state index is -5.64. The lowest BCUT2D eigenvalue weighted by Gasteiger charge is -2.43. The van der Waals surface area contributed by atoms with E-state index in [2.05, 4.69) is 11.6 Å². The molecule has 0 fully saturated rings. The Bertz CT molecular complexity index is 1250. The first-order valence-electron chi connectivity index (χ1n) is 14.3. The van der Waals surface area contributed by atoms with E-state index in [4.69, 9.17) is 4.74 Å². The van der Waals surface area contributed by atoms with Crippen molar-refractivity contribution in [2.24, 2.45) is 0 Å². The van der Waals surface area contributed by atoms with Crippen molar-refractivity contribution in [3.63, 3.8) is 0 Å². The topological polar surface area (TPSA) is 95.9 Å². The fourth-order valence-corrected chi connectivity index (χ4v) is 6.67. The fraction of sp³-hybridized carbons (Fsp3) is 0.600. The SMILES string of the molecule is C[C@]1(c2ccc(O)cc2)COc2cc(O)ccc2[C@H]1CCCCCCCCCS(=O)(=O)NCCCC(F)(F)C(F)(F)F. The molecule has 1 aliphatic rings. The van der Waals surface area contributed by atoms with Crippen molar-refractivity contribution in [2.45, 2.75) is 94.6 Å². The summed E-state index contributed by atoms with van der Waals surface area (Å²) in [4.78, 5) is 0. The number of phenols is 2. The van der Waals surface area contributed by atoms with Crippen LogP contribution in [0.25, 0.3) is 0 Å². The molecule has 3 rings (SSSR count). The van der Waals surface area contributed by atoms with E-state index in [1.165, 1.54) is 0 Å². The van der Waals surface area contributed by atoms with Crippen molar-refractivity contribution in [3.05, 3.63) is 53.6 Å². The molecule has 6 nitrogen and oxygen atoms in total. The van der Waals surface area contributed by atoms with Gasteiger partial charge < -0.3 is 14.9 Å². The zero-order valence-electron chi connectivity index (χ0n) is 23.7. The molecule has 0 bridgehead atoms. The summed E-state index contributed by atoms with van der Waals surface area (Å²) < 4.78 is 94.5. The molecule has 0 amide bonds. The van der Waals surface area contributed by atoms with Crippen LogP contribution in [0.4, 0.5) is 22.0 Å². The van der Waals surface area contributed by atoms with Crippen molar-refractivity contribution in [1.82, 2.24) is 4.72 Å². The number of ether oxygens (including phenoxy) is 1. The van der Waals surface area contributed by atoms with E-state index in [0.29, 0.717) is 25.2 Å². The number of hydrogen-bond donors (Lipinski definition) is 3. The average molecular weight is 622 g/mol. The second-order valence-corrected chi connectivity index (χ2v) is 13.2. The molecule has 2 aromatic carbocycles. The van der Waals surface area contributed by atoms with E-state index in [1.54, 1.807) is 24.3 Å². The number of alkyl halides is 5. The Hall–Kier alpha value is -2.60. The number of rotatable bonds is 16. The quantitative estimate of drug-likeness (QED) is 0.133. The Labute approximate surface area is 244 Å². The van der Waals surface area contributed by atoms with E-state index < -0.39 is 41.5 Å². The standard InChI is InChI=1S/C30H40F5NO5S/c1-28(22-11-13-23(37)14-12-22)21-41-27-20-24(38)15-16-25(27)26(28)10-7-5-3-2-4-6-8-19-42(39,40)36-18-9-17-29(31,32)30(33,34)35/h11-16,20,26,36-38H,2-10,17-19,21H2,1H3/t26-,28-/m1/s1.